The number of nitrogens with one attached hydrogen (secondary N) is 2. The number of fused-ring (bicyclic) bond motifs is 1. The van der Waals surface area contributed by atoms with Crippen LogP contribution in [0.25, 0.3) is 0 Å². The maximum atomic E-state index is 12.3. The summed E-state index contributed by atoms with van der Waals surface area (Å²) in [7, 11) is 0. The van der Waals surface area contributed by atoms with Gasteiger partial charge in [0.25, 0.3) is 0 Å². The van der Waals surface area contributed by atoms with Gasteiger partial charge in [-0.1, -0.05) is 18.2 Å². The van der Waals surface area contributed by atoms with Gasteiger partial charge in [-0.25, -0.2) is 0 Å². The molecule has 160 valence electrons. The van der Waals surface area contributed by atoms with Gasteiger partial charge in [-0.05, 0) is 24.3 Å². The molecule has 1 aliphatic heterocycles. The number of benzene rings is 2. The van der Waals surface area contributed by atoms with E-state index >= 15 is 0 Å². The smallest absolute Gasteiger partial charge is 0.234 e. The average molecular weight is 439 g/mol. The van der Waals surface area contributed by atoms with Gasteiger partial charge in [0.15, 0.2) is 11.5 Å². The first-order valence-electron chi connectivity index (χ1n) is 9.75. The molecule has 0 saturated heterocycles. The van der Waals surface area contributed by atoms with Gasteiger partial charge in [0.05, 0.1) is 24.7 Å². The Kier molecular flexibility index (Phi) is 6.68. The minimum Gasteiger partial charge on any atom is -0.490 e. The largest absolute Gasteiger partial charge is 0.490 e. The highest BCUT2D eigenvalue weighted by Crippen LogP contribution is 2.32. The number of thioether (sulfide) groups is 1. The Morgan fingerprint density at radius 3 is 2.65 bits per heavy atom. The molecule has 0 spiro atoms. The summed E-state index contributed by atoms with van der Waals surface area (Å²) in [4.78, 5) is 24.9. The first-order chi connectivity index (χ1) is 15.2. The SMILES string of the molecule is Nc1nc(CSCC(=O)Nc2ccc3c(c2)OCCCO3)nc(Nc2ccccc2)n1. The normalized spacial score (nSPS) is 12.6. The summed E-state index contributed by atoms with van der Waals surface area (Å²) < 4.78 is 11.3. The van der Waals surface area contributed by atoms with Crippen molar-refractivity contribution in [1.29, 1.82) is 0 Å². The van der Waals surface area contributed by atoms with Crippen LogP contribution in [0.3, 0.4) is 0 Å². The van der Waals surface area contributed by atoms with E-state index in [0.717, 1.165) is 12.1 Å². The molecule has 1 amide bonds. The molecule has 0 saturated carbocycles. The Morgan fingerprint density at radius 1 is 1.00 bits per heavy atom. The molecule has 0 bridgehead atoms. The van der Waals surface area contributed by atoms with E-state index in [-0.39, 0.29) is 17.6 Å². The number of anilines is 4. The predicted molar refractivity (Wildman–Crippen MR) is 121 cm³/mol. The second-order valence-corrected chi connectivity index (χ2v) is 7.66. The fraction of sp³-hybridized carbons (Fsp3) is 0.238. The Balaban J connectivity index is 1.30. The van der Waals surface area contributed by atoms with Crippen LogP contribution in [0.5, 0.6) is 11.5 Å². The molecule has 31 heavy (non-hydrogen) atoms. The number of carbonyl (C=O) groups is 1. The summed E-state index contributed by atoms with van der Waals surface area (Å²) >= 11 is 1.39. The Labute approximate surface area is 183 Å². The molecule has 3 aromatic rings. The summed E-state index contributed by atoms with van der Waals surface area (Å²) in [5.41, 5.74) is 7.31. The van der Waals surface area contributed by atoms with Crippen molar-refractivity contribution in [3.63, 3.8) is 0 Å². The van der Waals surface area contributed by atoms with E-state index in [4.69, 9.17) is 15.2 Å². The molecule has 0 unspecified atom stereocenters. The van der Waals surface area contributed by atoms with Crippen LogP contribution in [-0.4, -0.2) is 39.8 Å². The lowest BCUT2D eigenvalue weighted by atomic mass is 10.2. The van der Waals surface area contributed by atoms with Crippen molar-refractivity contribution < 1.29 is 14.3 Å². The molecule has 9 nitrogen and oxygen atoms in total. The van der Waals surface area contributed by atoms with Gasteiger partial charge in [0.2, 0.25) is 17.8 Å². The highest BCUT2D eigenvalue weighted by Gasteiger charge is 2.12. The first kappa shape index (κ1) is 20.7. The lowest BCUT2D eigenvalue weighted by molar-refractivity contribution is -0.113. The zero-order valence-corrected chi connectivity index (χ0v) is 17.5. The number of para-hydroxylation sites is 1. The average Bonchev–Trinajstić information content (AvgIpc) is 2.99. The van der Waals surface area contributed by atoms with Crippen LogP contribution in [0.4, 0.5) is 23.3 Å². The molecule has 0 aliphatic carbocycles. The van der Waals surface area contributed by atoms with E-state index in [1.807, 2.05) is 30.3 Å². The molecule has 1 aromatic heterocycles. The number of ether oxygens (including phenoxy) is 2. The molecular formula is C21H22N6O3S. The third-order valence-corrected chi connectivity index (χ3v) is 5.15. The second kappa shape index (κ2) is 9.98. The zero-order chi connectivity index (χ0) is 21.5. The van der Waals surface area contributed by atoms with Crippen molar-refractivity contribution in [2.24, 2.45) is 0 Å². The topological polar surface area (TPSA) is 124 Å². The predicted octanol–water partition coefficient (Wildman–Crippen LogP) is 3.23. The standard InChI is InChI=1S/C21H22N6O3S/c22-20-25-18(26-21(27-20)24-14-5-2-1-3-6-14)12-31-13-19(28)23-15-7-8-16-17(11-15)30-10-4-9-29-16/h1-3,5-8,11H,4,9-10,12-13H2,(H,23,28)(H3,22,24,25,26,27). The van der Waals surface area contributed by atoms with Crippen molar-refractivity contribution in [2.45, 2.75) is 12.2 Å². The summed E-state index contributed by atoms with van der Waals surface area (Å²) in [5, 5.41) is 5.96. The molecular weight excluding hydrogens is 416 g/mol. The molecule has 0 atom stereocenters. The number of nitrogen functional groups attached to an aromatic ring is 1. The summed E-state index contributed by atoms with van der Waals surface area (Å²) in [6, 6.07) is 14.9. The van der Waals surface area contributed by atoms with Crippen LogP contribution in [0.2, 0.25) is 0 Å². The molecule has 2 aromatic carbocycles. The van der Waals surface area contributed by atoms with E-state index in [1.54, 1.807) is 18.2 Å². The number of aromatic nitrogens is 3. The van der Waals surface area contributed by atoms with Crippen LogP contribution < -0.4 is 25.8 Å². The third kappa shape index (κ3) is 5.98. The van der Waals surface area contributed by atoms with Gasteiger partial charge in [0.1, 0.15) is 5.82 Å². The monoisotopic (exact) mass is 438 g/mol. The first-order valence-corrected chi connectivity index (χ1v) is 10.9. The van der Waals surface area contributed by atoms with E-state index in [0.29, 0.717) is 47.9 Å². The summed E-state index contributed by atoms with van der Waals surface area (Å²) in [5.74, 6) is 2.85. The molecule has 1 aliphatic rings. The van der Waals surface area contributed by atoms with Crippen LogP contribution in [0.15, 0.2) is 48.5 Å². The van der Waals surface area contributed by atoms with E-state index in [2.05, 4.69) is 25.6 Å². The van der Waals surface area contributed by atoms with Crippen LogP contribution >= 0.6 is 11.8 Å². The quantitative estimate of drug-likeness (QED) is 0.510. The summed E-state index contributed by atoms with van der Waals surface area (Å²) in [6.45, 7) is 1.22. The summed E-state index contributed by atoms with van der Waals surface area (Å²) in [6.07, 6.45) is 0.831. The van der Waals surface area contributed by atoms with E-state index < -0.39 is 0 Å². The van der Waals surface area contributed by atoms with Gasteiger partial charge >= 0.3 is 0 Å². The van der Waals surface area contributed by atoms with E-state index in [9.17, 15) is 4.79 Å². The van der Waals surface area contributed by atoms with Crippen molar-refractivity contribution in [1.82, 2.24) is 15.0 Å². The minimum absolute atomic E-state index is 0.126. The number of rotatable bonds is 7. The second-order valence-electron chi connectivity index (χ2n) is 6.68. The lowest BCUT2D eigenvalue weighted by Crippen LogP contribution is -2.14. The molecule has 0 radical (unpaired) electrons. The van der Waals surface area contributed by atoms with Crippen LogP contribution in [-0.2, 0) is 10.5 Å². The molecule has 2 heterocycles. The van der Waals surface area contributed by atoms with Gasteiger partial charge < -0.3 is 25.8 Å². The number of carbonyl (C=O) groups excluding carboxylic acids is 1. The van der Waals surface area contributed by atoms with E-state index in [1.165, 1.54) is 11.8 Å². The molecule has 4 rings (SSSR count). The van der Waals surface area contributed by atoms with Gasteiger partial charge in [-0.15, -0.1) is 11.8 Å². The fourth-order valence-corrected chi connectivity index (χ4v) is 3.55. The van der Waals surface area contributed by atoms with Gasteiger partial charge in [-0.2, -0.15) is 15.0 Å². The Hall–Kier alpha value is -3.53. The minimum atomic E-state index is -0.135. The lowest BCUT2D eigenvalue weighted by Gasteiger charge is -2.10. The van der Waals surface area contributed by atoms with Crippen molar-refractivity contribution in [3.05, 3.63) is 54.4 Å². The Bertz CT molecular complexity index is 1050. The number of nitrogens with two attached hydrogens (primary N) is 1. The zero-order valence-electron chi connectivity index (χ0n) is 16.7. The van der Waals surface area contributed by atoms with Gasteiger partial charge in [0, 0.05) is 23.9 Å². The number of hydrogen-bond acceptors (Lipinski definition) is 9. The van der Waals surface area contributed by atoms with Crippen molar-refractivity contribution in [3.8, 4) is 11.5 Å². The number of amides is 1. The highest BCUT2D eigenvalue weighted by atomic mass is 32.2. The highest BCUT2D eigenvalue weighted by molar-refractivity contribution is 7.99. The maximum Gasteiger partial charge on any atom is 0.234 e. The number of hydrogen-bond donors (Lipinski definition) is 3. The van der Waals surface area contributed by atoms with Crippen molar-refractivity contribution in [2.75, 3.05) is 35.3 Å². The molecule has 4 N–H and O–H groups in total. The third-order valence-electron chi connectivity index (χ3n) is 4.22. The number of nitrogens with zero attached hydrogens (tertiary/aromatic N) is 3. The van der Waals surface area contributed by atoms with Crippen LogP contribution in [0.1, 0.15) is 12.2 Å². The van der Waals surface area contributed by atoms with Gasteiger partial charge in [-0.3, -0.25) is 4.79 Å². The van der Waals surface area contributed by atoms with Crippen molar-refractivity contribution >= 4 is 40.9 Å². The maximum absolute atomic E-state index is 12.3. The molecule has 0 fully saturated rings. The van der Waals surface area contributed by atoms with Crippen LogP contribution in [0, 0.1) is 0 Å². The Morgan fingerprint density at radius 2 is 1.81 bits per heavy atom. The fourth-order valence-electron chi connectivity index (χ4n) is 2.88. The molecule has 10 heteroatoms.